The van der Waals surface area contributed by atoms with E-state index in [1.54, 1.807) is 4.90 Å². The lowest BCUT2D eigenvalue weighted by atomic mass is 9.91. The highest BCUT2D eigenvalue weighted by molar-refractivity contribution is 5.45. The Morgan fingerprint density at radius 1 is 1.35 bits per heavy atom. The molecule has 1 fully saturated rings. The first kappa shape index (κ1) is 14.8. The molecule has 0 aromatic carbocycles. The Hall–Kier alpha value is -1.57. The Kier molecular flexibility index (Phi) is 4.32. The quantitative estimate of drug-likeness (QED) is 0.865. The van der Waals surface area contributed by atoms with E-state index < -0.39 is 11.9 Å². The maximum absolute atomic E-state index is 12.8. The Labute approximate surface area is 114 Å². The van der Waals surface area contributed by atoms with Gasteiger partial charge < -0.3 is 15.7 Å². The van der Waals surface area contributed by atoms with E-state index in [0.717, 1.165) is 25.3 Å². The van der Waals surface area contributed by atoms with E-state index in [4.69, 9.17) is 10.8 Å². The summed E-state index contributed by atoms with van der Waals surface area (Å²) in [7, 11) is 0. The average molecular weight is 290 g/mol. The minimum absolute atomic E-state index is 0.0179. The number of nitrogens with zero attached hydrogens (tertiary/aromatic N) is 3. The van der Waals surface area contributed by atoms with Gasteiger partial charge in [-0.05, 0) is 25.7 Å². The molecule has 1 aliphatic rings. The SMILES string of the molecule is Nc1nc(N(CCCO)C2CCC2)cc(C(F)(F)F)n1. The van der Waals surface area contributed by atoms with Crippen LogP contribution in [0, 0.1) is 0 Å². The van der Waals surface area contributed by atoms with E-state index in [-0.39, 0.29) is 24.4 Å². The highest BCUT2D eigenvalue weighted by Crippen LogP contribution is 2.33. The van der Waals surface area contributed by atoms with E-state index in [0.29, 0.717) is 13.0 Å². The number of aliphatic hydroxyl groups excluding tert-OH is 1. The maximum atomic E-state index is 12.8. The normalized spacial score (nSPS) is 16.0. The van der Waals surface area contributed by atoms with Crippen molar-refractivity contribution >= 4 is 11.8 Å². The number of nitrogen functional groups attached to an aromatic ring is 1. The summed E-state index contributed by atoms with van der Waals surface area (Å²) in [6.45, 7) is 0.435. The van der Waals surface area contributed by atoms with Crippen molar-refractivity contribution in [1.82, 2.24) is 9.97 Å². The summed E-state index contributed by atoms with van der Waals surface area (Å²) < 4.78 is 38.3. The zero-order chi connectivity index (χ0) is 14.8. The van der Waals surface area contributed by atoms with Crippen molar-refractivity contribution in [2.24, 2.45) is 0 Å². The monoisotopic (exact) mass is 290 g/mol. The van der Waals surface area contributed by atoms with Crippen LogP contribution in [0.5, 0.6) is 0 Å². The second kappa shape index (κ2) is 5.82. The Morgan fingerprint density at radius 2 is 2.05 bits per heavy atom. The van der Waals surface area contributed by atoms with Crippen molar-refractivity contribution in [2.75, 3.05) is 23.8 Å². The molecule has 0 unspecified atom stereocenters. The van der Waals surface area contributed by atoms with E-state index in [1.807, 2.05) is 0 Å². The van der Waals surface area contributed by atoms with Gasteiger partial charge in [-0.25, -0.2) is 4.98 Å². The van der Waals surface area contributed by atoms with Crippen molar-refractivity contribution in [3.8, 4) is 0 Å². The molecule has 112 valence electrons. The second-order valence-electron chi connectivity index (χ2n) is 4.82. The van der Waals surface area contributed by atoms with Crippen LogP contribution < -0.4 is 10.6 Å². The van der Waals surface area contributed by atoms with E-state index in [2.05, 4.69) is 9.97 Å². The van der Waals surface area contributed by atoms with Crippen LogP contribution in [0.4, 0.5) is 24.9 Å². The predicted molar refractivity (Wildman–Crippen MR) is 68.1 cm³/mol. The van der Waals surface area contributed by atoms with Crippen LogP contribution in [0.15, 0.2) is 6.07 Å². The smallest absolute Gasteiger partial charge is 0.396 e. The summed E-state index contributed by atoms with van der Waals surface area (Å²) in [5, 5.41) is 8.91. The fraction of sp³-hybridized carbons (Fsp3) is 0.667. The molecule has 3 N–H and O–H groups in total. The van der Waals surface area contributed by atoms with Gasteiger partial charge in [0.2, 0.25) is 5.95 Å². The van der Waals surface area contributed by atoms with Crippen molar-refractivity contribution < 1.29 is 18.3 Å². The first-order valence-corrected chi connectivity index (χ1v) is 6.51. The van der Waals surface area contributed by atoms with Crippen LogP contribution >= 0.6 is 0 Å². The molecule has 0 amide bonds. The number of nitrogens with two attached hydrogens (primary N) is 1. The molecule has 1 aromatic heterocycles. The Bertz CT molecular complexity index is 463. The first-order chi connectivity index (χ1) is 9.41. The first-order valence-electron chi connectivity index (χ1n) is 6.51. The molecule has 0 bridgehead atoms. The van der Waals surface area contributed by atoms with Crippen molar-refractivity contribution in [1.29, 1.82) is 0 Å². The van der Waals surface area contributed by atoms with Gasteiger partial charge in [0.15, 0.2) is 5.69 Å². The van der Waals surface area contributed by atoms with Gasteiger partial charge in [0.1, 0.15) is 5.82 Å². The van der Waals surface area contributed by atoms with E-state index in [1.165, 1.54) is 0 Å². The summed E-state index contributed by atoms with van der Waals surface area (Å²) in [5.41, 5.74) is 4.35. The standard InChI is InChI=1S/C12H17F3N4O/c13-12(14,15)9-7-10(18-11(16)17-9)19(5-2-6-20)8-3-1-4-8/h7-8,20H,1-6H2,(H2,16,17,18). The van der Waals surface area contributed by atoms with Gasteiger partial charge >= 0.3 is 6.18 Å². The molecule has 0 spiro atoms. The summed E-state index contributed by atoms with van der Waals surface area (Å²) in [5.74, 6) is -0.203. The molecule has 0 atom stereocenters. The lowest BCUT2D eigenvalue weighted by Crippen LogP contribution is -2.42. The molecular formula is C12H17F3N4O. The largest absolute Gasteiger partial charge is 0.433 e. The number of hydrogen-bond donors (Lipinski definition) is 2. The number of aromatic nitrogens is 2. The van der Waals surface area contributed by atoms with E-state index >= 15 is 0 Å². The number of aliphatic hydroxyl groups is 1. The molecule has 0 radical (unpaired) electrons. The van der Waals surface area contributed by atoms with Gasteiger partial charge in [0.25, 0.3) is 0 Å². The molecule has 5 nitrogen and oxygen atoms in total. The minimum Gasteiger partial charge on any atom is -0.396 e. The third kappa shape index (κ3) is 3.30. The summed E-state index contributed by atoms with van der Waals surface area (Å²) >= 11 is 0. The van der Waals surface area contributed by atoms with Crippen molar-refractivity contribution in [3.05, 3.63) is 11.8 Å². The molecule has 1 heterocycles. The fourth-order valence-electron chi connectivity index (χ4n) is 2.17. The third-order valence-corrected chi connectivity index (χ3v) is 3.39. The predicted octanol–water partition coefficient (Wildman–Crippen LogP) is 1.82. The molecular weight excluding hydrogens is 273 g/mol. The van der Waals surface area contributed by atoms with Crippen molar-refractivity contribution in [2.45, 2.75) is 37.9 Å². The fourth-order valence-corrected chi connectivity index (χ4v) is 2.17. The number of rotatable bonds is 5. The Balaban J connectivity index is 2.29. The number of hydrogen-bond acceptors (Lipinski definition) is 5. The highest BCUT2D eigenvalue weighted by atomic mass is 19.4. The minimum atomic E-state index is -4.55. The van der Waals surface area contributed by atoms with Crippen LogP contribution in [0.2, 0.25) is 0 Å². The lowest BCUT2D eigenvalue weighted by molar-refractivity contribution is -0.141. The van der Waals surface area contributed by atoms with E-state index in [9.17, 15) is 13.2 Å². The van der Waals surface area contributed by atoms with Gasteiger partial charge in [0.05, 0.1) is 0 Å². The van der Waals surface area contributed by atoms with Gasteiger partial charge in [-0.2, -0.15) is 18.2 Å². The molecule has 0 saturated heterocycles. The van der Waals surface area contributed by atoms with Crippen molar-refractivity contribution in [3.63, 3.8) is 0 Å². The van der Waals surface area contributed by atoms with Crippen LogP contribution in [-0.4, -0.2) is 34.3 Å². The summed E-state index contributed by atoms with van der Waals surface area (Å²) in [4.78, 5) is 8.94. The van der Waals surface area contributed by atoms with Crippen LogP contribution in [0.25, 0.3) is 0 Å². The molecule has 0 aliphatic heterocycles. The molecule has 8 heteroatoms. The lowest BCUT2D eigenvalue weighted by Gasteiger charge is -2.38. The number of anilines is 2. The third-order valence-electron chi connectivity index (χ3n) is 3.39. The second-order valence-corrected chi connectivity index (χ2v) is 4.82. The molecule has 1 saturated carbocycles. The average Bonchev–Trinajstić information content (AvgIpc) is 2.30. The van der Waals surface area contributed by atoms with Gasteiger partial charge in [-0.15, -0.1) is 0 Å². The van der Waals surface area contributed by atoms with Crippen LogP contribution in [0.3, 0.4) is 0 Å². The molecule has 1 aliphatic carbocycles. The molecule has 1 aromatic rings. The summed E-state index contributed by atoms with van der Waals surface area (Å²) in [6, 6.07) is 1.09. The number of halogens is 3. The zero-order valence-corrected chi connectivity index (χ0v) is 10.9. The van der Waals surface area contributed by atoms with Gasteiger partial charge in [-0.1, -0.05) is 0 Å². The highest BCUT2D eigenvalue weighted by Gasteiger charge is 2.35. The maximum Gasteiger partial charge on any atom is 0.433 e. The Morgan fingerprint density at radius 3 is 2.55 bits per heavy atom. The zero-order valence-electron chi connectivity index (χ0n) is 10.9. The van der Waals surface area contributed by atoms with Crippen LogP contribution in [0.1, 0.15) is 31.4 Å². The molecule has 2 rings (SSSR count). The van der Waals surface area contributed by atoms with Crippen LogP contribution in [-0.2, 0) is 6.18 Å². The molecule has 20 heavy (non-hydrogen) atoms. The summed E-state index contributed by atoms with van der Waals surface area (Å²) in [6.07, 6.45) is -1.20. The van der Waals surface area contributed by atoms with Gasteiger partial charge in [0, 0.05) is 25.3 Å². The topological polar surface area (TPSA) is 75.3 Å². The number of alkyl halides is 3. The van der Waals surface area contributed by atoms with Gasteiger partial charge in [-0.3, -0.25) is 0 Å².